The van der Waals surface area contributed by atoms with Crippen LogP contribution in [0, 0.1) is 5.92 Å². The number of carbonyl (C=O) groups excluding carboxylic acids is 3. The molecule has 0 atom stereocenters. The van der Waals surface area contributed by atoms with Crippen LogP contribution in [0.25, 0.3) is 10.3 Å². The van der Waals surface area contributed by atoms with Gasteiger partial charge in [0.2, 0.25) is 11.8 Å². The molecule has 2 amide bonds. The van der Waals surface area contributed by atoms with Crippen LogP contribution in [0.4, 0.5) is 10.8 Å². The minimum atomic E-state index is -0.469. The van der Waals surface area contributed by atoms with Gasteiger partial charge >= 0.3 is 5.97 Å². The van der Waals surface area contributed by atoms with Gasteiger partial charge < -0.3 is 20.3 Å². The van der Waals surface area contributed by atoms with Crippen molar-refractivity contribution in [3.05, 3.63) is 46.5 Å². The van der Waals surface area contributed by atoms with Gasteiger partial charge in [0, 0.05) is 31.7 Å². The molecule has 3 heterocycles. The SMILES string of the molecule is CNC(=O)C1CCN(c2nc3ncn(CC(=O)Nc4ccc(C(=O)OC)cc4)c(=O)c3s2)CC1. The molecule has 0 spiro atoms. The number of hydrogen-bond donors (Lipinski definition) is 2. The fourth-order valence-corrected chi connectivity index (χ4v) is 4.80. The number of nitrogens with zero attached hydrogens (tertiary/aromatic N) is 4. The summed E-state index contributed by atoms with van der Waals surface area (Å²) in [4.78, 5) is 59.6. The van der Waals surface area contributed by atoms with Crippen molar-refractivity contribution in [1.29, 1.82) is 0 Å². The summed E-state index contributed by atoms with van der Waals surface area (Å²) in [5.41, 5.74) is 0.851. The lowest BCUT2D eigenvalue weighted by molar-refractivity contribution is -0.125. The third-order valence-electron chi connectivity index (χ3n) is 5.66. The maximum atomic E-state index is 12.9. The van der Waals surface area contributed by atoms with Gasteiger partial charge in [0.1, 0.15) is 17.6 Å². The van der Waals surface area contributed by atoms with E-state index in [0.717, 1.165) is 0 Å². The Kier molecular flexibility index (Phi) is 6.87. The highest BCUT2D eigenvalue weighted by Gasteiger charge is 2.26. The first kappa shape index (κ1) is 23.4. The van der Waals surface area contributed by atoms with Crippen LogP contribution >= 0.6 is 11.3 Å². The van der Waals surface area contributed by atoms with E-state index in [1.54, 1.807) is 19.2 Å². The number of ether oxygens (including phenoxy) is 1. The highest BCUT2D eigenvalue weighted by molar-refractivity contribution is 7.22. The molecule has 0 bridgehead atoms. The number of benzene rings is 1. The van der Waals surface area contributed by atoms with Crippen LogP contribution < -0.4 is 21.1 Å². The number of rotatable bonds is 6. The summed E-state index contributed by atoms with van der Waals surface area (Å²) in [6, 6.07) is 6.24. The van der Waals surface area contributed by atoms with E-state index in [4.69, 9.17) is 0 Å². The summed E-state index contributed by atoms with van der Waals surface area (Å²) >= 11 is 1.24. The third kappa shape index (κ3) is 4.91. The Hall–Kier alpha value is -3.80. The molecular weight excluding hydrogens is 460 g/mol. The largest absolute Gasteiger partial charge is 0.465 e. The van der Waals surface area contributed by atoms with E-state index in [0.29, 0.717) is 52.7 Å². The second-order valence-corrected chi connectivity index (χ2v) is 8.80. The molecule has 34 heavy (non-hydrogen) atoms. The molecule has 1 aliphatic heterocycles. The molecule has 0 aliphatic carbocycles. The van der Waals surface area contributed by atoms with Gasteiger partial charge in [-0.3, -0.25) is 19.0 Å². The molecule has 0 radical (unpaired) electrons. The van der Waals surface area contributed by atoms with Crippen molar-refractivity contribution in [2.45, 2.75) is 19.4 Å². The maximum absolute atomic E-state index is 12.9. The molecular formula is C22H24N6O5S. The Morgan fingerprint density at radius 3 is 2.53 bits per heavy atom. The van der Waals surface area contributed by atoms with E-state index in [-0.39, 0.29) is 23.9 Å². The standard InChI is InChI=1S/C22H24N6O5S/c1-23-19(30)13-7-9-27(10-8-13)22-26-18-17(34-22)20(31)28(12-24-18)11-16(29)25-15-5-3-14(4-6-15)21(32)33-2/h3-6,12-13H,7-11H2,1-2H3,(H,23,30)(H,25,29). The molecule has 1 saturated heterocycles. The molecule has 0 unspecified atom stereocenters. The van der Waals surface area contributed by atoms with Crippen molar-refractivity contribution < 1.29 is 19.1 Å². The van der Waals surface area contributed by atoms with Crippen molar-refractivity contribution in [3.63, 3.8) is 0 Å². The molecule has 178 valence electrons. The van der Waals surface area contributed by atoms with Crippen molar-refractivity contribution in [1.82, 2.24) is 19.9 Å². The van der Waals surface area contributed by atoms with Gasteiger partial charge in [-0.2, -0.15) is 4.98 Å². The van der Waals surface area contributed by atoms with Crippen molar-refractivity contribution >= 4 is 50.3 Å². The van der Waals surface area contributed by atoms with Gasteiger partial charge in [-0.25, -0.2) is 9.78 Å². The molecule has 11 nitrogen and oxygen atoms in total. The fraction of sp³-hybridized carbons (Fsp3) is 0.364. The average molecular weight is 485 g/mol. The van der Waals surface area contributed by atoms with E-state index >= 15 is 0 Å². The molecule has 1 aromatic carbocycles. The van der Waals surface area contributed by atoms with Gasteiger partial charge in [0.25, 0.3) is 5.56 Å². The van der Waals surface area contributed by atoms with Gasteiger partial charge in [-0.15, -0.1) is 0 Å². The van der Waals surface area contributed by atoms with Crippen LogP contribution in [0.15, 0.2) is 35.4 Å². The number of aromatic nitrogens is 3. The van der Waals surface area contributed by atoms with Crippen LogP contribution in [-0.2, 0) is 20.9 Å². The first-order chi connectivity index (χ1) is 16.4. The molecule has 1 fully saturated rings. The second kappa shape index (κ2) is 10.00. The van der Waals surface area contributed by atoms with Gasteiger partial charge in [-0.1, -0.05) is 11.3 Å². The molecule has 1 aliphatic rings. The summed E-state index contributed by atoms with van der Waals surface area (Å²) < 4.78 is 6.26. The van der Waals surface area contributed by atoms with E-state index in [1.165, 1.54) is 41.5 Å². The lowest BCUT2D eigenvalue weighted by Crippen LogP contribution is -2.39. The number of piperidine rings is 1. The monoisotopic (exact) mass is 484 g/mol. The van der Waals surface area contributed by atoms with Crippen molar-refractivity contribution in [3.8, 4) is 0 Å². The second-order valence-electron chi connectivity index (χ2n) is 7.82. The topological polar surface area (TPSA) is 136 Å². The number of nitrogens with one attached hydrogen (secondary N) is 2. The van der Waals surface area contributed by atoms with Gasteiger partial charge in [0.15, 0.2) is 10.8 Å². The Morgan fingerprint density at radius 1 is 1.18 bits per heavy atom. The van der Waals surface area contributed by atoms with Crippen LogP contribution in [0.1, 0.15) is 23.2 Å². The summed E-state index contributed by atoms with van der Waals surface area (Å²) in [6.07, 6.45) is 2.74. The number of methoxy groups -OCH3 is 1. The number of anilines is 2. The Labute approximate surface area is 198 Å². The van der Waals surface area contributed by atoms with Crippen LogP contribution in [0.5, 0.6) is 0 Å². The smallest absolute Gasteiger partial charge is 0.337 e. The highest BCUT2D eigenvalue weighted by atomic mass is 32.1. The Morgan fingerprint density at radius 2 is 1.88 bits per heavy atom. The highest BCUT2D eigenvalue weighted by Crippen LogP contribution is 2.29. The van der Waals surface area contributed by atoms with Crippen LogP contribution in [0.3, 0.4) is 0 Å². The molecule has 3 aromatic rings. The number of thiazole rings is 1. The van der Waals surface area contributed by atoms with Crippen LogP contribution in [-0.4, -0.2) is 59.6 Å². The maximum Gasteiger partial charge on any atom is 0.337 e. The number of amides is 2. The molecule has 12 heteroatoms. The number of esters is 1. The number of hydrogen-bond acceptors (Lipinski definition) is 9. The normalized spacial score (nSPS) is 14.1. The first-order valence-electron chi connectivity index (χ1n) is 10.7. The molecule has 4 rings (SSSR count). The quantitative estimate of drug-likeness (QED) is 0.499. The zero-order chi connectivity index (χ0) is 24.2. The number of carbonyl (C=O) groups is 3. The number of fused-ring (bicyclic) bond motifs is 1. The first-order valence-corrected chi connectivity index (χ1v) is 11.5. The summed E-state index contributed by atoms with van der Waals surface area (Å²) in [7, 11) is 2.93. The molecule has 2 aromatic heterocycles. The average Bonchev–Trinajstić information content (AvgIpc) is 3.30. The predicted molar refractivity (Wildman–Crippen MR) is 127 cm³/mol. The van der Waals surface area contributed by atoms with E-state index in [1.807, 2.05) is 0 Å². The minimum absolute atomic E-state index is 0.0128. The zero-order valence-corrected chi connectivity index (χ0v) is 19.6. The molecule has 2 N–H and O–H groups in total. The van der Waals surface area contributed by atoms with Crippen LogP contribution in [0.2, 0.25) is 0 Å². The fourth-order valence-electron chi connectivity index (χ4n) is 3.78. The Bertz CT molecular complexity index is 1280. The lowest BCUT2D eigenvalue weighted by atomic mass is 9.96. The van der Waals surface area contributed by atoms with Crippen molar-refractivity contribution in [2.24, 2.45) is 5.92 Å². The van der Waals surface area contributed by atoms with E-state index in [2.05, 4.69) is 30.2 Å². The summed E-state index contributed by atoms with van der Waals surface area (Å²) in [5, 5.41) is 6.06. The van der Waals surface area contributed by atoms with E-state index < -0.39 is 11.9 Å². The van der Waals surface area contributed by atoms with Crippen molar-refractivity contribution in [2.75, 3.05) is 37.5 Å². The third-order valence-corrected chi connectivity index (χ3v) is 6.75. The zero-order valence-electron chi connectivity index (χ0n) is 18.7. The van der Waals surface area contributed by atoms with Gasteiger partial charge in [-0.05, 0) is 37.1 Å². The minimum Gasteiger partial charge on any atom is -0.465 e. The predicted octanol–water partition coefficient (Wildman–Crippen LogP) is 1.24. The summed E-state index contributed by atoms with van der Waals surface area (Å²) in [6.45, 7) is 1.12. The van der Waals surface area contributed by atoms with E-state index in [9.17, 15) is 19.2 Å². The summed E-state index contributed by atoms with van der Waals surface area (Å²) in [5.74, 6) is -0.842. The Balaban J connectivity index is 1.43. The lowest BCUT2D eigenvalue weighted by Gasteiger charge is -2.30. The molecule has 0 saturated carbocycles. The van der Waals surface area contributed by atoms with Gasteiger partial charge in [0.05, 0.1) is 12.7 Å².